The molecule has 3 aromatic rings. The SMILES string of the molecule is Cc1ncc(-c2ccc(C(=O)N3CCN(C(N)=O)CC3)cc2)nc1C(=O)Nc1ccccc1.[HH].[HH].[HH]. The molecule has 0 spiro atoms. The number of nitrogens with one attached hydrogen (secondary N) is 1. The quantitative estimate of drug-likeness (QED) is 0.632. The van der Waals surface area contributed by atoms with Gasteiger partial charge >= 0.3 is 6.03 Å². The number of urea groups is 1. The molecule has 2 heterocycles. The van der Waals surface area contributed by atoms with Gasteiger partial charge in [-0.15, -0.1) is 0 Å². The summed E-state index contributed by atoms with van der Waals surface area (Å²) in [7, 11) is 0. The van der Waals surface area contributed by atoms with Gasteiger partial charge in [-0.1, -0.05) is 30.3 Å². The number of hydrogen-bond acceptors (Lipinski definition) is 5. The molecule has 0 unspecified atom stereocenters. The molecule has 1 aliphatic rings. The fraction of sp³-hybridized carbons (Fsp3) is 0.208. The van der Waals surface area contributed by atoms with Crippen molar-refractivity contribution < 1.29 is 18.7 Å². The maximum Gasteiger partial charge on any atom is 0.314 e. The van der Waals surface area contributed by atoms with Gasteiger partial charge in [0.05, 0.1) is 17.6 Å². The largest absolute Gasteiger partial charge is 0.351 e. The van der Waals surface area contributed by atoms with Crippen LogP contribution in [0, 0.1) is 6.92 Å². The van der Waals surface area contributed by atoms with E-state index in [0.717, 1.165) is 5.56 Å². The van der Waals surface area contributed by atoms with Crippen molar-refractivity contribution in [3.05, 3.63) is 77.7 Å². The fourth-order valence-corrected chi connectivity index (χ4v) is 3.61. The topological polar surface area (TPSA) is 122 Å². The lowest BCUT2D eigenvalue weighted by atomic mass is 10.1. The highest BCUT2D eigenvalue weighted by atomic mass is 16.2. The summed E-state index contributed by atoms with van der Waals surface area (Å²) in [5, 5.41) is 2.82. The average molecular weight is 451 g/mol. The predicted molar refractivity (Wildman–Crippen MR) is 130 cm³/mol. The number of aryl methyl sites for hydroxylation is 1. The second-order valence-electron chi connectivity index (χ2n) is 7.70. The van der Waals surface area contributed by atoms with E-state index in [2.05, 4.69) is 15.3 Å². The second kappa shape index (κ2) is 9.47. The Hall–Kier alpha value is -4.27. The van der Waals surface area contributed by atoms with Crippen molar-refractivity contribution in [1.82, 2.24) is 19.8 Å². The maximum absolute atomic E-state index is 12.8. The zero-order valence-corrected chi connectivity index (χ0v) is 18.2. The van der Waals surface area contributed by atoms with Crippen LogP contribution >= 0.6 is 0 Å². The third-order valence-corrected chi connectivity index (χ3v) is 5.51. The van der Waals surface area contributed by atoms with Crippen LogP contribution in [0.5, 0.6) is 0 Å². The normalized spacial score (nSPS) is 13.5. The van der Waals surface area contributed by atoms with Crippen molar-refractivity contribution in [1.29, 1.82) is 0 Å². The lowest BCUT2D eigenvalue weighted by Crippen LogP contribution is -2.52. The van der Waals surface area contributed by atoms with Gasteiger partial charge < -0.3 is 20.9 Å². The van der Waals surface area contributed by atoms with Gasteiger partial charge in [0.2, 0.25) is 0 Å². The Balaban J connectivity index is 0.00000216. The van der Waals surface area contributed by atoms with Gasteiger partial charge in [-0.25, -0.2) is 9.78 Å². The molecule has 1 aromatic heterocycles. The number of nitrogens with two attached hydrogens (primary N) is 1. The van der Waals surface area contributed by atoms with E-state index in [1.165, 1.54) is 4.90 Å². The number of aromatic nitrogens is 2. The first kappa shape index (κ1) is 21.9. The van der Waals surface area contributed by atoms with E-state index in [4.69, 9.17) is 5.73 Å². The van der Waals surface area contributed by atoms with Crippen LogP contribution in [-0.4, -0.2) is 63.8 Å². The molecule has 4 amide bonds. The highest BCUT2D eigenvalue weighted by molar-refractivity contribution is 6.03. The van der Waals surface area contributed by atoms with Crippen molar-refractivity contribution >= 4 is 23.5 Å². The first-order valence-corrected chi connectivity index (χ1v) is 10.6. The number of carbonyl (C=O) groups is 3. The molecule has 0 aliphatic carbocycles. The molecule has 9 nitrogen and oxygen atoms in total. The Bertz CT molecular complexity index is 1190. The summed E-state index contributed by atoms with van der Waals surface area (Å²) in [5.74, 6) is -0.446. The molecule has 1 fully saturated rings. The van der Waals surface area contributed by atoms with Gasteiger partial charge in [-0.2, -0.15) is 0 Å². The molecule has 0 atom stereocenters. The molecule has 2 aromatic carbocycles. The first-order chi connectivity index (χ1) is 15.9. The predicted octanol–water partition coefficient (Wildman–Crippen LogP) is 3.28. The zero-order chi connectivity index (χ0) is 23.4. The van der Waals surface area contributed by atoms with Gasteiger partial charge in [-0.3, -0.25) is 14.6 Å². The highest BCUT2D eigenvalue weighted by Gasteiger charge is 2.23. The van der Waals surface area contributed by atoms with Crippen LogP contribution in [0.1, 0.15) is 30.8 Å². The number of anilines is 1. The van der Waals surface area contributed by atoms with Gasteiger partial charge in [0.25, 0.3) is 11.8 Å². The molecule has 4 rings (SSSR count). The molecule has 33 heavy (non-hydrogen) atoms. The van der Waals surface area contributed by atoms with E-state index >= 15 is 0 Å². The molecule has 1 aliphatic heterocycles. The van der Waals surface area contributed by atoms with Crippen molar-refractivity contribution in [3.8, 4) is 11.3 Å². The van der Waals surface area contributed by atoms with Crippen LogP contribution in [0.2, 0.25) is 0 Å². The molecule has 0 saturated carbocycles. The van der Waals surface area contributed by atoms with Gasteiger partial charge in [0.15, 0.2) is 0 Å². The monoisotopic (exact) mass is 450 g/mol. The van der Waals surface area contributed by atoms with E-state index in [0.29, 0.717) is 48.8 Å². The molecule has 9 heteroatoms. The van der Waals surface area contributed by atoms with E-state index in [1.54, 1.807) is 54.4 Å². The van der Waals surface area contributed by atoms with E-state index in [1.807, 2.05) is 18.2 Å². The third kappa shape index (κ3) is 4.98. The second-order valence-corrected chi connectivity index (χ2v) is 7.70. The molecule has 0 radical (unpaired) electrons. The van der Waals surface area contributed by atoms with Crippen molar-refractivity contribution in [3.63, 3.8) is 0 Å². The highest BCUT2D eigenvalue weighted by Crippen LogP contribution is 2.20. The number of piperazine rings is 1. The Morgan fingerprint density at radius 2 is 1.58 bits per heavy atom. The number of rotatable bonds is 4. The van der Waals surface area contributed by atoms with E-state index in [9.17, 15) is 14.4 Å². The number of para-hydroxylation sites is 1. The summed E-state index contributed by atoms with van der Waals surface area (Å²) in [4.78, 5) is 48.8. The van der Waals surface area contributed by atoms with Crippen molar-refractivity contribution in [2.75, 3.05) is 31.5 Å². The minimum atomic E-state index is -0.470. The summed E-state index contributed by atoms with van der Waals surface area (Å²) in [5.41, 5.74) is 8.55. The van der Waals surface area contributed by atoms with Crippen LogP contribution < -0.4 is 11.1 Å². The van der Waals surface area contributed by atoms with Crippen LogP contribution in [-0.2, 0) is 0 Å². The summed E-state index contributed by atoms with van der Waals surface area (Å²) in [6.45, 7) is 3.45. The number of nitrogens with zero attached hydrogens (tertiary/aromatic N) is 4. The molecular formula is C24H30N6O3. The van der Waals surface area contributed by atoms with E-state index in [-0.39, 0.29) is 21.8 Å². The molecule has 1 saturated heterocycles. The number of hydrogen-bond donors (Lipinski definition) is 2. The van der Waals surface area contributed by atoms with Crippen LogP contribution in [0.3, 0.4) is 0 Å². The van der Waals surface area contributed by atoms with Gasteiger partial charge in [0.1, 0.15) is 5.69 Å². The maximum atomic E-state index is 12.8. The number of primary amides is 1. The van der Waals surface area contributed by atoms with E-state index < -0.39 is 6.03 Å². The average Bonchev–Trinajstić information content (AvgIpc) is 2.84. The number of amides is 4. The molecule has 174 valence electrons. The number of benzene rings is 2. The smallest absolute Gasteiger partial charge is 0.314 e. The Labute approximate surface area is 195 Å². The lowest BCUT2D eigenvalue weighted by molar-refractivity contribution is 0.0669. The third-order valence-electron chi connectivity index (χ3n) is 5.51. The van der Waals surface area contributed by atoms with Crippen molar-refractivity contribution in [2.45, 2.75) is 6.92 Å². The molecule has 0 bridgehead atoms. The van der Waals surface area contributed by atoms with Crippen LogP contribution in [0.4, 0.5) is 10.5 Å². The molecule has 3 N–H and O–H groups in total. The Morgan fingerprint density at radius 3 is 2.21 bits per heavy atom. The Kier molecular flexibility index (Phi) is 6.30. The minimum absolute atomic E-state index is 0. The number of carbonyl (C=O) groups excluding carboxylic acids is 3. The Morgan fingerprint density at radius 1 is 0.939 bits per heavy atom. The lowest BCUT2D eigenvalue weighted by Gasteiger charge is -2.33. The summed E-state index contributed by atoms with van der Waals surface area (Å²) < 4.78 is 0. The summed E-state index contributed by atoms with van der Waals surface area (Å²) >= 11 is 0. The summed E-state index contributed by atoms with van der Waals surface area (Å²) in [6.07, 6.45) is 1.61. The standard InChI is InChI=1S/C24H24N6O3.3H2/c1-16-21(22(31)27-19-5-3-2-4-6-19)28-20(15-26-16)17-7-9-18(10-8-17)23(32)29-11-13-30(14-12-29)24(25)33;;;/h2-10,15H,11-14H2,1H3,(H2,25,33)(H,27,31);3*1H. The summed E-state index contributed by atoms with van der Waals surface area (Å²) in [6, 6.07) is 15.7. The fourth-order valence-electron chi connectivity index (χ4n) is 3.61. The van der Waals surface area contributed by atoms with Crippen LogP contribution in [0.25, 0.3) is 11.3 Å². The first-order valence-electron chi connectivity index (χ1n) is 10.6. The van der Waals surface area contributed by atoms with Gasteiger partial charge in [-0.05, 0) is 31.2 Å². The van der Waals surface area contributed by atoms with Gasteiger partial charge in [0, 0.05) is 47.3 Å². The van der Waals surface area contributed by atoms with Crippen LogP contribution in [0.15, 0.2) is 60.8 Å². The zero-order valence-electron chi connectivity index (χ0n) is 18.2. The minimum Gasteiger partial charge on any atom is -0.351 e. The van der Waals surface area contributed by atoms with Crippen molar-refractivity contribution in [2.24, 2.45) is 5.73 Å². The molecular weight excluding hydrogens is 420 g/mol.